The molecule has 10 heteroatoms. The van der Waals surface area contributed by atoms with Gasteiger partial charge < -0.3 is 19.4 Å². The summed E-state index contributed by atoms with van der Waals surface area (Å²) in [5.41, 5.74) is 0.179. The highest BCUT2D eigenvalue weighted by Gasteiger charge is 2.36. The predicted octanol–water partition coefficient (Wildman–Crippen LogP) is 3.28. The molecule has 0 saturated carbocycles. The molecule has 3 aromatic rings. The molecule has 0 radical (unpaired) electrons. The van der Waals surface area contributed by atoms with E-state index in [-0.39, 0.29) is 55.2 Å². The third kappa shape index (κ3) is 6.33. The van der Waals surface area contributed by atoms with Gasteiger partial charge in [0.25, 0.3) is 17.4 Å². The number of amides is 3. The fourth-order valence-electron chi connectivity index (χ4n) is 5.44. The first-order valence-electron chi connectivity index (χ1n) is 14.1. The van der Waals surface area contributed by atoms with Crippen LogP contribution in [0, 0.1) is 0 Å². The van der Waals surface area contributed by atoms with Crippen molar-refractivity contribution < 1.29 is 29.1 Å². The van der Waals surface area contributed by atoms with Crippen LogP contribution in [0.3, 0.4) is 0 Å². The number of piperidine rings is 1. The molecule has 2 saturated heterocycles. The standard InChI is InChI=1S/C32H33N3O7/c1-22(23-8-4-2-5-9-23)18-29(38)33-16-14-32(41,15-17-33)21-34-20-26(31(40)42-35-27(36)12-13-28(35)37)25(19-30(34)39)24-10-6-3-7-11-24/h2-11,19-20,22,41H,12-18,21H2,1H3. The van der Waals surface area contributed by atoms with Crippen molar-refractivity contribution >= 4 is 23.7 Å². The minimum absolute atomic E-state index is 0.00817. The van der Waals surface area contributed by atoms with Crippen molar-refractivity contribution in [3.8, 4) is 11.1 Å². The molecule has 1 atom stereocenters. The summed E-state index contributed by atoms with van der Waals surface area (Å²) in [4.78, 5) is 70.4. The highest BCUT2D eigenvalue weighted by Crippen LogP contribution is 2.28. The molecule has 2 aliphatic rings. The fraction of sp³-hybridized carbons (Fsp3) is 0.344. The minimum Gasteiger partial charge on any atom is -0.388 e. The van der Waals surface area contributed by atoms with Crippen LogP contribution in [0.4, 0.5) is 0 Å². The third-order valence-electron chi connectivity index (χ3n) is 7.97. The fourth-order valence-corrected chi connectivity index (χ4v) is 5.44. The number of carbonyl (C=O) groups is 4. The van der Waals surface area contributed by atoms with Gasteiger partial charge in [0.2, 0.25) is 5.91 Å². The van der Waals surface area contributed by atoms with Gasteiger partial charge in [-0.1, -0.05) is 67.6 Å². The second kappa shape index (κ2) is 12.1. The van der Waals surface area contributed by atoms with Gasteiger partial charge in [-0.2, -0.15) is 0 Å². The Hall–Kier alpha value is -4.57. The average molecular weight is 572 g/mol. The van der Waals surface area contributed by atoms with Gasteiger partial charge in [-0.25, -0.2) is 4.79 Å². The number of aromatic nitrogens is 1. The molecular weight excluding hydrogens is 538 g/mol. The molecule has 0 spiro atoms. The molecule has 10 nitrogen and oxygen atoms in total. The number of imide groups is 1. The van der Waals surface area contributed by atoms with E-state index in [0.717, 1.165) is 5.56 Å². The van der Waals surface area contributed by atoms with Crippen LogP contribution in [-0.2, 0) is 25.8 Å². The van der Waals surface area contributed by atoms with Crippen molar-refractivity contribution in [1.82, 2.24) is 14.5 Å². The van der Waals surface area contributed by atoms with E-state index in [1.54, 1.807) is 35.2 Å². The SMILES string of the molecule is CC(CC(=O)N1CCC(O)(Cn2cc(C(=O)ON3C(=O)CCC3=O)c(-c3ccccc3)cc2=O)CC1)c1ccccc1. The Balaban J connectivity index is 1.32. The maximum absolute atomic E-state index is 13.2. The molecule has 2 aromatic carbocycles. The smallest absolute Gasteiger partial charge is 0.366 e. The largest absolute Gasteiger partial charge is 0.388 e. The number of likely N-dealkylation sites (tertiary alicyclic amines) is 1. The molecule has 5 rings (SSSR count). The third-order valence-corrected chi connectivity index (χ3v) is 7.97. The zero-order valence-electron chi connectivity index (χ0n) is 23.4. The normalized spacial score (nSPS) is 17.3. The van der Waals surface area contributed by atoms with Crippen LogP contribution in [0.2, 0.25) is 0 Å². The van der Waals surface area contributed by atoms with Crippen LogP contribution in [0.25, 0.3) is 11.1 Å². The molecule has 42 heavy (non-hydrogen) atoms. The number of carbonyl (C=O) groups excluding carboxylic acids is 4. The van der Waals surface area contributed by atoms with Crippen molar-refractivity contribution in [3.63, 3.8) is 0 Å². The Morgan fingerprint density at radius 1 is 0.929 bits per heavy atom. The van der Waals surface area contributed by atoms with Gasteiger partial charge in [0.1, 0.15) is 0 Å². The Bertz CT molecular complexity index is 1530. The van der Waals surface area contributed by atoms with E-state index in [4.69, 9.17) is 4.84 Å². The zero-order chi connectivity index (χ0) is 29.9. The molecule has 1 aromatic heterocycles. The van der Waals surface area contributed by atoms with Gasteiger partial charge in [0, 0.05) is 50.2 Å². The second-order valence-electron chi connectivity index (χ2n) is 11.0. The number of hydroxylamine groups is 2. The molecule has 218 valence electrons. The summed E-state index contributed by atoms with van der Waals surface area (Å²) in [7, 11) is 0. The lowest BCUT2D eigenvalue weighted by Gasteiger charge is -2.39. The Morgan fingerprint density at radius 3 is 2.14 bits per heavy atom. The van der Waals surface area contributed by atoms with Crippen molar-refractivity contribution in [1.29, 1.82) is 0 Å². The van der Waals surface area contributed by atoms with Crippen LogP contribution < -0.4 is 5.56 Å². The molecule has 0 bridgehead atoms. The van der Waals surface area contributed by atoms with Crippen LogP contribution in [0.5, 0.6) is 0 Å². The quantitative estimate of drug-likeness (QED) is 0.411. The zero-order valence-corrected chi connectivity index (χ0v) is 23.4. The lowest BCUT2D eigenvalue weighted by Crippen LogP contribution is -2.49. The molecule has 3 amide bonds. The Morgan fingerprint density at radius 2 is 1.52 bits per heavy atom. The van der Waals surface area contributed by atoms with Gasteiger partial charge >= 0.3 is 5.97 Å². The van der Waals surface area contributed by atoms with E-state index in [0.29, 0.717) is 30.1 Å². The second-order valence-corrected chi connectivity index (χ2v) is 11.0. The van der Waals surface area contributed by atoms with Crippen molar-refractivity contribution in [2.24, 2.45) is 0 Å². The first-order chi connectivity index (χ1) is 20.1. The summed E-state index contributed by atoms with van der Waals surface area (Å²) in [6, 6.07) is 19.9. The number of benzene rings is 2. The lowest BCUT2D eigenvalue weighted by molar-refractivity contribution is -0.172. The Labute approximate surface area is 243 Å². The van der Waals surface area contributed by atoms with Crippen LogP contribution in [-0.4, -0.2) is 62.0 Å². The van der Waals surface area contributed by atoms with E-state index in [1.807, 2.05) is 37.3 Å². The first-order valence-corrected chi connectivity index (χ1v) is 14.1. The molecule has 2 fully saturated rings. The van der Waals surface area contributed by atoms with Gasteiger partial charge in [-0.15, -0.1) is 5.06 Å². The molecule has 2 aliphatic heterocycles. The molecule has 1 N–H and O–H groups in total. The number of nitrogens with zero attached hydrogens (tertiary/aromatic N) is 3. The summed E-state index contributed by atoms with van der Waals surface area (Å²) < 4.78 is 1.24. The van der Waals surface area contributed by atoms with Crippen LogP contribution in [0.1, 0.15) is 60.9 Å². The number of hydrogen-bond donors (Lipinski definition) is 1. The van der Waals surface area contributed by atoms with Crippen LogP contribution >= 0.6 is 0 Å². The average Bonchev–Trinajstić information content (AvgIpc) is 3.31. The van der Waals surface area contributed by atoms with Crippen LogP contribution in [0.15, 0.2) is 77.7 Å². The number of aliphatic hydroxyl groups is 1. The molecule has 1 unspecified atom stereocenters. The summed E-state index contributed by atoms with van der Waals surface area (Å²) in [5.74, 6) is -2.13. The van der Waals surface area contributed by atoms with Gasteiger partial charge in [0.15, 0.2) is 0 Å². The lowest BCUT2D eigenvalue weighted by atomic mass is 9.90. The van der Waals surface area contributed by atoms with Gasteiger partial charge in [-0.05, 0) is 29.9 Å². The topological polar surface area (TPSA) is 126 Å². The van der Waals surface area contributed by atoms with E-state index in [9.17, 15) is 29.1 Å². The summed E-state index contributed by atoms with van der Waals surface area (Å²) in [6.45, 7) is 2.58. The number of pyridine rings is 1. The predicted molar refractivity (Wildman–Crippen MR) is 153 cm³/mol. The van der Waals surface area contributed by atoms with Crippen molar-refractivity contribution in [3.05, 3.63) is 94.4 Å². The maximum Gasteiger partial charge on any atom is 0.366 e. The van der Waals surface area contributed by atoms with E-state index in [1.165, 1.54) is 16.8 Å². The highest BCUT2D eigenvalue weighted by molar-refractivity contribution is 6.04. The number of rotatable bonds is 8. The van der Waals surface area contributed by atoms with E-state index < -0.39 is 28.9 Å². The van der Waals surface area contributed by atoms with Crippen molar-refractivity contribution in [2.75, 3.05) is 13.1 Å². The first kappa shape index (κ1) is 28.9. The Kier molecular flexibility index (Phi) is 8.35. The van der Waals surface area contributed by atoms with Crippen molar-refractivity contribution in [2.45, 2.75) is 57.1 Å². The summed E-state index contributed by atoms with van der Waals surface area (Å²) in [6.07, 6.45) is 2.07. The van der Waals surface area contributed by atoms with E-state index in [2.05, 4.69) is 0 Å². The summed E-state index contributed by atoms with van der Waals surface area (Å²) >= 11 is 0. The molecule has 0 aliphatic carbocycles. The van der Waals surface area contributed by atoms with Gasteiger partial charge in [-0.3, -0.25) is 19.2 Å². The number of hydrogen-bond acceptors (Lipinski definition) is 7. The molecule has 3 heterocycles. The monoisotopic (exact) mass is 571 g/mol. The maximum atomic E-state index is 13.2. The summed E-state index contributed by atoms with van der Waals surface area (Å²) in [5, 5.41) is 11.9. The highest BCUT2D eigenvalue weighted by atomic mass is 16.7. The molecular formula is C32H33N3O7. The van der Waals surface area contributed by atoms with Gasteiger partial charge in [0.05, 0.1) is 17.7 Å². The van der Waals surface area contributed by atoms with E-state index >= 15 is 0 Å². The minimum atomic E-state index is -1.29.